The van der Waals surface area contributed by atoms with Gasteiger partial charge in [0, 0.05) is 0 Å². The molecule has 0 atom stereocenters. The number of carbonyl (C=O) groups is 1. The zero-order chi connectivity index (χ0) is 17.1. The highest BCUT2D eigenvalue weighted by Gasteiger charge is 2.22. The van der Waals surface area contributed by atoms with Crippen LogP contribution >= 0.6 is 0 Å². The predicted molar refractivity (Wildman–Crippen MR) is 90.7 cm³/mol. The van der Waals surface area contributed by atoms with E-state index >= 15 is 0 Å². The van der Waals surface area contributed by atoms with Crippen LogP contribution in [0.3, 0.4) is 0 Å². The Bertz CT molecular complexity index is 484. The minimum absolute atomic E-state index is 0.0127. The van der Waals surface area contributed by atoms with Gasteiger partial charge in [0.25, 0.3) is 0 Å². The second-order valence-corrected chi connectivity index (χ2v) is 8.30. The average molecular weight is 306 g/mol. The van der Waals surface area contributed by atoms with E-state index < -0.39 is 6.16 Å². The first-order chi connectivity index (χ1) is 9.89. The van der Waals surface area contributed by atoms with Gasteiger partial charge in [-0.25, -0.2) is 4.79 Å². The van der Waals surface area contributed by atoms with Crippen LogP contribution in [-0.4, -0.2) is 12.8 Å². The fourth-order valence-electron chi connectivity index (χ4n) is 1.88. The smallest absolute Gasteiger partial charge is 0.434 e. The average Bonchev–Trinajstić information content (AvgIpc) is 2.34. The van der Waals surface area contributed by atoms with E-state index in [-0.39, 0.29) is 10.8 Å². The van der Waals surface area contributed by atoms with Crippen molar-refractivity contribution in [2.45, 2.75) is 66.2 Å². The third-order valence-corrected chi connectivity index (χ3v) is 3.37. The topological polar surface area (TPSA) is 35.5 Å². The van der Waals surface area contributed by atoms with E-state index in [2.05, 4.69) is 47.6 Å². The number of rotatable bonds is 3. The maximum atomic E-state index is 11.8. The van der Waals surface area contributed by atoms with Gasteiger partial charge in [-0.1, -0.05) is 61.5 Å². The predicted octanol–water partition coefficient (Wildman–Crippen LogP) is 5.45. The molecule has 0 aliphatic carbocycles. The summed E-state index contributed by atoms with van der Waals surface area (Å²) in [6.07, 6.45) is -0.639. The van der Waals surface area contributed by atoms with Crippen molar-refractivity contribution >= 4 is 6.16 Å². The van der Waals surface area contributed by atoms with Crippen LogP contribution in [0.15, 0.2) is 18.2 Å². The zero-order valence-electron chi connectivity index (χ0n) is 15.2. The summed E-state index contributed by atoms with van der Waals surface area (Å²) in [5.41, 5.74) is 2.26. The first-order valence-electron chi connectivity index (χ1n) is 7.90. The molecule has 1 aromatic carbocycles. The summed E-state index contributed by atoms with van der Waals surface area (Å²) in [5.74, 6) is 0.838. The molecule has 0 aliphatic heterocycles. The quantitative estimate of drug-likeness (QED) is 0.550. The second kappa shape index (κ2) is 6.72. The summed E-state index contributed by atoms with van der Waals surface area (Å²) in [5, 5.41) is 0. The van der Waals surface area contributed by atoms with Gasteiger partial charge >= 0.3 is 6.16 Å². The lowest BCUT2D eigenvalue weighted by Crippen LogP contribution is -2.18. The molecule has 0 amide bonds. The van der Waals surface area contributed by atoms with Crippen LogP contribution in [0, 0.1) is 5.92 Å². The van der Waals surface area contributed by atoms with E-state index in [1.165, 1.54) is 0 Å². The lowest BCUT2D eigenvalue weighted by atomic mass is 9.80. The number of benzene rings is 1. The Morgan fingerprint density at radius 3 is 1.77 bits per heavy atom. The molecule has 0 fully saturated rings. The van der Waals surface area contributed by atoms with Crippen LogP contribution in [0.2, 0.25) is 0 Å². The van der Waals surface area contributed by atoms with Crippen molar-refractivity contribution in [1.82, 2.24) is 0 Å². The Morgan fingerprint density at radius 2 is 1.41 bits per heavy atom. The minimum atomic E-state index is -0.639. The first-order valence-corrected chi connectivity index (χ1v) is 7.90. The van der Waals surface area contributed by atoms with Crippen molar-refractivity contribution in [3.8, 4) is 5.75 Å². The summed E-state index contributed by atoms with van der Waals surface area (Å²) in [4.78, 5) is 11.8. The minimum Gasteiger partial charge on any atom is -0.434 e. The highest BCUT2D eigenvalue weighted by Crippen LogP contribution is 2.33. The number of carbonyl (C=O) groups excluding carboxylic acids is 1. The number of ether oxygens (including phenoxy) is 2. The van der Waals surface area contributed by atoms with Crippen molar-refractivity contribution in [1.29, 1.82) is 0 Å². The molecular weight excluding hydrogens is 276 g/mol. The van der Waals surface area contributed by atoms with E-state index in [9.17, 15) is 4.79 Å². The fraction of sp³-hybridized carbons (Fsp3) is 0.632. The maximum Gasteiger partial charge on any atom is 0.513 e. The Kier molecular flexibility index (Phi) is 5.66. The molecule has 0 bridgehead atoms. The van der Waals surface area contributed by atoms with Gasteiger partial charge in [0.15, 0.2) is 0 Å². The van der Waals surface area contributed by atoms with Crippen LogP contribution in [0.5, 0.6) is 5.75 Å². The second-order valence-electron chi connectivity index (χ2n) is 8.30. The molecule has 3 heteroatoms. The normalized spacial score (nSPS) is 12.4. The molecule has 0 N–H and O–H groups in total. The van der Waals surface area contributed by atoms with Crippen LogP contribution in [0.4, 0.5) is 4.79 Å². The molecule has 0 unspecified atom stereocenters. The van der Waals surface area contributed by atoms with Crippen molar-refractivity contribution in [3.05, 3.63) is 29.3 Å². The van der Waals surface area contributed by atoms with Gasteiger partial charge < -0.3 is 9.47 Å². The Labute approximate surface area is 135 Å². The molecule has 0 spiro atoms. The highest BCUT2D eigenvalue weighted by molar-refractivity contribution is 5.64. The third-order valence-electron chi connectivity index (χ3n) is 3.37. The molecule has 0 radical (unpaired) electrons. The van der Waals surface area contributed by atoms with Gasteiger partial charge in [0.05, 0.1) is 6.61 Å². The molecule has 1 rings (SSSR count). The number of hydrogen-bond donors (Lipinski definition) is 0. The van der Waals surface area contributed by atoms with Gasteiger partial charge in [-0.3, -0.25) is 0 Å². The van der Waals surface area contributed by atoms with Crippen molar-refractivity contribution < 1.29 is 14.3 Å². The van der Waals surface area contributed by atoms with Crippen molar-refractivity contribution in [2.24, 2.45) is 5.92 Å². The molecule has 0 aromatic heterocycles. The summed E-state index contributed by atoms with van der Waals surface area (Å²) < 4.78 is 10.5. The summed E-state index contributed by atoms with van der Waals surface area (Å²) in [6.45, 7) is 17.2. The number of hydrogen-bond acceptors (Lipinski definition) is 3. The SMILES string of the molecule is CC(C)COC(=O)Oc1cc(C(C)(C)C)cc(C(C)(C)C)c1. The lowest BCUT2D eigenvalue weighted by molar-refractivity contribution is 0.0884. The molecule has 0 saturated heterocycles. The lowest BCUT2D eigenvalue weighted by Gasteiger charge is -2.25. The summed E-state index contributed by atoms with van der Waals surface area (Å²) >= 11 is 0. The molecule has 1 aromatic rings. The van der Waals surface area contributed by atoms with Gasteiger partial charge in [0.2, 0.25) is 0 Å². The van der Waals surface area contributed by atoms with E-state index in [0.717, 1.165) is 11.1 Å². The fourth-order valence-corrected chi connectivity index (χ4v) is 1.88. The molecule has 0 aliphatic rings. The van der Waals surface area contributed by atoms with Crippen LogP contribution in [0.1, 0.15) is 66.5 Å². The molecule has 0 saturated carbocycles. The standard InChI is InChI=1S/C19H30O3/c1-13(2)12-21-17(20)22-16-10-14(18(3,4)5)9-15(11-16)19(6,7)8/h9-11,13H,12H2,1-8H3. The van der Waals surface area contributed by atoms with Crippen LogP contribution < -0.4 is 4.74 Å². The zero-order valence-corrected chi connectivity index (χ0v) is 15.2. The summed E-state index contributed by atoms with van der Waals surface area (Å²) in [7, 11) is 0. The highest BCUT2D eigenvalue weighted by atomic mass is 16.7. The Morgan fingerprint density at radius 1 is 0.955 bits per heavy atom. The van der Waals surface area contributed by atoms with Gasteiger partial charge in [-0.2, -0.15) is 0 Å². The van der Waals surface area contributed by atoms with E-state index in [4.69, 9.17) is 9.47 Å². The monoisotopic (exact) mass is 306 g/mol. The van der Waals surface area contributed by atoms with Crippen LogP contribution in [-0.2, 0) is 15.6 Å². The van der Waals surface area contributed by atoms with Gasteiger partial charge in [0.1, 0.15) is 5.75 Å². The molecule has 124 valence electrons. The van der Waals surface area contributed by atoms with Crippen LogP contribution in [0.25, 0.3) is 0 Å². The van der Waals surface area contributed by atoms with E-state index in [0.29, 0.717) is 18.3 Å². The van der Waals surface area contributed by atoms with Crippen molar-refractivity contribution in [3.63, 3.8) is 0 Å². The molecular formula is C19H30O3. The van der Waals surface area contributed by atoms with Gasteiger partial charge in [-0.05, 0) is 40.0 Å². The van der Waals surface area contributed by atoms with Gasteiger partial charge in [-0.15, -0.1) is 0 Å². The third kappa shape index (κ3) is 5.70. The maximum absolute atomic E-state index is 11.8. The molecule has 22 heavy (non-hydrogen) atoms. The first kappa shape index (κ1) is 18.5. The van der Waals surface area contributed by atoms with E-state index in [1.54, 1.807) is 0 Å². The van der Waals surface area contributed by atoms with Crippen molar-refractivity contribution in [2.75, 3.05) is 6.61 Å². The Balaban J connectivity index is 3.06. The summed E-state index contributed by atoms with van der Waals surface area (Å²) in [6, 6.07) is 6.03. The molecule has 0 heterocycles. The van der Waals surface area contributed by atoms with E-state index in [1.807, 2.05) is 26.0 Å². The Hall–Kier alpha value is -1.51. The molecule has 3 nitrogen and oxygen atoms in total. The largest absolute Gasteiger partial charge is 0.513 e.